The molecule has 0 aliphatic rings. The second-order valence-electron chi connectivity index (χ2n) is 14.5. The van der Waals surface area contributed by atoms with Crippen LogP contribution < -0.4 is 10.6 Å². The largest absolute Gasteiger partial charge is 0.458 e. The Hall–Kier alpha value is -1.34. The minimum atomic E-state index is -2.02. The van der Waals surface area contributed by atoms with E-state index in [0.717, 1.165) is 0 Å². The molecule has 0 radical (unpaired) electrons. The summed E-state index contributed by atoms with van der Waals surface area (Å²) in [6.07, 6.45) is -1.52. The van der Waals surface area contributed by atoms with Crippen molar-refractivity contribution in [2.24, 2.45) is 0 Å². The first-order valence-electron chi connectivity index (χ1n) is 13.8. The van der Waals surface area contributed by atoms with Crippen LogP contribution in [0.5, 0.6) is 0 Å². The second kappa shape index (κ2) is 15.2. The highest BCUT2D eigenvalue weighted by atomic mass is 32.2. The molecule has 0 heterocycles. The fraction of sp³-hybridized carbons (Fsp3) is 0.893. The highest BCUT2D eigenvalue weighted by molar-refractivity contribution is 7.99. The zero-order valence-corrected chi connectivity index (χ0v) is 29.1. The molecule has 12 heteroatoms. The molecule has 40 heavy (non-hydrogen) atoms. The zero-order chi connectivity index (χ0) is 31.7. The molecule has 0 fully saturated rings. The van der Waals surface area contributed by atoms with E-state index in [9.17, 15) is 19.5 Å². The van der Waals surface area contributed by atoms with Crippen LogP contribution in [0.3, 0.4) is 0 Å². The molecule has 10 nitrogen and oxygen atoms in total. The molecule has 0 aromatic rings. The predicted molar refractivity (Wildman–Crippen MR) is 163 cm³/mol. The molecule has 0 spiro atoms. The average Bonchev–Trinajstić information content (AvgIpc) is 2.70. The third-order valence-electron chi connectivity index (χ3n) is 5.74. The Morgan fingerprint density at radius 1 is 0.750 bits per heavy atom. The van der Waals surface area contributed by atoms with Crippen LogP contribution in [-0.4, -0.2) is 91.1 Å². The van der Waals surface area contributed by atoms with E-state index in [2.05, 4.69) is 44.5 Å². The lowest BCUT2D eigenvalue weighted by Gasteiger charge is -2.36. The molecule has 0 bridgehead atoms. The lowest BCUT2D eigenvalue weighted by atomic mass is 10.1. The SMILES string of the molecule is CC(C)(C)OC[C@H](NC(=O)[C@H](CSC[C@H](O)CO[Si](C)(C)C(C)(C)C)NC(=O)OC(C)(C)C)C(=O)OC(C)(C)C. The quantitative estimate of drug-likeness (QED) is 0.202. The Balaban J connectivity index is 5.55. The van der Waals surface area contributed by atoms with E-state index in [0.29, 0.717) is 0 Å². The van der Waals surface area contributed by atoms with Gasteiger partial charge < -0.3 is 34.4 Å². The molecule has 0 unspecified atom stereocenters. The molecule has 0 rings (SSSR count). The fourth-order valence-corrected chi connectivity index (χ4v) is 4.69. The van der Waals surface area contributed by atoms with Gasteiger partial charge in [0.05, 0.1) is 24.9 Å². The first-order chi connectivity index (χ1) is 17.7. The van der Waals surface area contributed by atoms with Gasteiger partial charge in [0.2, 0.25) is 5.91 Å². The number of rotatable bonds is 13. The van der Waals surface area contributed by atoms with Crippen molar-refractivity contribution in [1.29, 1.82) is 0 Å². The van der Waals surface area contributed by atoms with Crippen molar-refractivity contribution in [3.05, 3.63) is 0 Å². The molecular weight excluding hydrogens is 552 g/mol. The predicted octanol–water partition coefficient (Wildman–Crippen LogP) is 4.64. The molecule has 3 atom stereocenters. The van der Waals surface area contributed by atoms with Crippen molar-refractivity contribution in [2.75, 3.05) is 24.7 Å². The number of carbonyl (C=O) groups is 3. The number of esters is 1. The van der Waals surface area contributed by atoms with Gasteiger partial charge in [0.15, 0.2) is 14.4 Å². The van der Waals surface area contributed by atoms with E-state index < -0.39 is 61.3 Å². The van der Waals surface area contributed by atoms with Crippen LogP contribution in [-0.2, 0) is 28.2 Å². The second-order valence-corrected chi connectivity index (χ2v) is 20.4. The highest BCUT2D eigenvalue weighted by Crippen LogP contribution is 2.36. The highest BCUT2D eigenvalue weighted by Gasteiger charge is 2.37. The van der Waals surface area contributed by atoms with Crippen molar-refractivity contribution < 1.29 is 38.1 Å². The van der Waals surface area contributed by atoms with Gasteiger partial charge in [-0.2, -0.15) is 11.8 Å². The third kappa shape index (κ3) is 17.5. The smallest absolute Gasteiger partial charge is 0.408 e. The summed E-state index contributed by atoms with van der Waals surface area (Å²) in [6.45, 7) is 26.6. The molecule has 0 aromatic carbocycles. The number of aliphatic hydroxyl groups is 1. The van der Waals surface area contributed by atoms with Crippen molar-refractivity contribution in [3.8, 4) is 0 Å². The van der Waals surface area contributed by atoms with Gasteiger partial charge in [-0.25, -0.2) is 9.59 Å². The molecule has 0 aromatic heterocycles. The lowest BCUT2D eigenvalue weighted by Crippen LogP contribution is -2.55. The van der Waals surface area contributed by atoms with Crippen molar-refractivity contribution >= 4 is 38.0 Å². The molecule has 236 valence electrons. The van der Waals surface area contributed by atoms with Gasteiger partial charge in [0, 0.05) is 11.5 Å². The Labute approximate surface area is 247 Å². The number of nitrogens with one attached hydrogen (secondary N) is 2. The molecule has 0 saturated carbocycles. The fourth-order valence-electron chi connectivity index (χ4n) is 2.67. The normalized spacial score (nSPS) is 15.6. The Kier molecular flexibility index (Phi) is 14.7. The van der Waals surface area contributed by atoms with Gasteiger partial charge in [0.1, 0.15) is 17.2 Å². The van der Waals surface area contributed by atoms with Crippen LogP contribution in [0.25, 0.3) is 0 Å². The first-order valence-corrected chi connectivity index (χ1v) is 17.9. The van der Waals surface area contributed by atoms with E-state index in [1.165, 1.54) is 11.8 Å². The van der Waals surface area contributed by atoms with Gasteiger partial charge in [0.25, 0.3) is 0 Å². The van der Waals surface area contributed by atoms with Crippen LogP contribution in [0.2, 0.25) is 18.1 Å². The van der Waals surface area contributed by atoms with Crippen molar-refractivity contribution in [1.82, 2.24) is 10.6 Å². The van der Waals surface area contributed by atoms with Gasteiger partial charge in [-0.05, 0) is 80.4 Å². The maximum atomic E-state index is 13.4. The zero-order valence-electron chi connectivity index (χ0n) is 27.3. The molecule has 3 N–H and O–H groups in total. The standard InChI is InChI=1S/C28H56N2O8SSi/c1-25(2,3)35-16-20(23(33)37-26(4,5)6)29-22(32)21(30-24(34)38-27(7,8)9)18-39-17-19(31)15-36-40(13,14)28(10,11)12/h19-21,31H,15-18H2,1-14H3,(H,29,32)(H,30,34)/t19-,20+,21+/m1/s1. The molecule has 0 aliphatic heterocycles. The van der Waals surface area contributed by atoms with Crippen LogP contribution in [0, 0.1) is 0 Å². The number of hydrogen-bond donors (Lipinski definition) is 3. The summed E-state index contributed by atoms with van der Waals surface area (Å²) in [7, 11) is -2.02. The van der Waals surface area contributed by atoms with Gasteiger partial charge in [-0.15, -0.1) is 0 Å². The molecular formula is C28H56N2O8SSi. The van der Waals surface area contributed by atoms with Crippen LogP contribution >= 0.6 is 11.8 Å². The van der Waals surface area contributed by atoms with E-state index >= 15 is 0 Å². The van der Waals surface area contributed by atoms with Crippen LogP contribution in [0.4, 0.5) is 4.79 Å². The Morgan fingerprint density at radius 3 is 1.73 bits per heavy atom. The summed E-state index contributed by atoms with van der Waals surface area (Å²) in [6, 6.07) is -2.14. The maximum absolute atomic E-state index is 13.4. The number of carbonyl (C=O) groups excluding carboxylic acids is 3. The van der Waals surface area contributed by atoms with E-state index in [1.54, 1.807) is 41.5 Å². The number of amides is 2. The topological polar surface area (TPSA) is 132 Å². The third-order valence-corrected chi connectivity index (χ3v) is 11.4. The summed E-state index contributed by atoms with van der Waals surface area (Å²) in [5.74, 6) is -0.828. The molecule has 0 aliphatic carbocycles. The van der Waals surface area contributed by atoms with E-state index in [1.807, 2.05) is 20.8 Å². The summed E-state index contributed by atoms with van der Waals surface area (Å²) in [4.78, 5) is 38.8. The van der Waals surface area contributed by atoms with Crippen LogP contribution in [0.1, 0.15) is 83.1 Å². The van der Waals surface area contributed by atoms with Gasteiger partial charge >= 0.3 is 12.1 Å². The lowest BCUT2D eigenvalue weighted by molar-refractivity contribution is -0.162. The first kappa shape index (κ1) is 38.7. The summed E-state index contributed by atoms with van der Waals surface area (Å²) >= 11 is 1.29. The minimum Gasteiger partial charge on any atom is -0.458 e. The number of thioether (sulfide) groups is 1. The van der Waals surface area contributed by atoms with E-state index in [4.69, 9.17) is 18.6 Å². The summed E-state index contributed by atoms with van der Waals surface area (Å²) < 4.78 is 22.7. The molecule has 0 saturated heterocycles. The van der Waals surface area contributed by atoms with Crippen molar-refractivity contribution in [3.63, 3.8) is 0 Å². The van der Waals surface area contributed by atoms with Crippen LogP contribution in [0.15, 0.2) is 0 Å². The summed E-state index contributed by atoms with van der Waals surface area (Å²) in [5.41, 5.74) is -2.10. The minimum absolute atomic E-state index is 0.0156. The monoisotopic (exact) mass is 608 g/mol. The number of ether oxygens (including phenoxy) is 3. The van der Waals surface area contributed by atoms with E-state index in [-0.39, 0.29) is 29.8 Å². The Bertz CT molecular complexity index is 826. The number of alkyl carbamates (subject to hydrolysis) is 1. The maximum Gasteiger partial charge on any atom is 0.408 e. The van der Waals surface area contributed by atoms with Gasteiger partial charge in [-0.1, -0.05) is 20.8 Å². The Morgan fingerprint density at radius 2 is 1.27 bits per heavy atom. The summed E-state index contributed by atoms with van der Waals surface area (Å²) in [5, 5.41) is 15.8. The molecule has 2 amide bonds. The number of aliphatic hydroxyl groups excluding tert-OH is 1. The number of hydrogen-bond acceptors (Lipinski definition) is 9. The van der Waals surface area contributed by atoms with Gasteiger partial charge in [-0.3, -0.25) is 4.79 Å². The average molecular weight is 609 g/mol. The van der Waals surface area contributed by atoms with Crippen molar-refractivity contribution in [2.45, 2.75) is 136 Å².